The summed E-state index contributed by atoms with van der Waals surface area (Å²) in [4.78, 5) is 2.15. The number of hydrogen-bond acceptors (Lipinski definition) is 5. The summed E-state index contributed by atoms with van der Waals surface area (Å²) in [5, 5.41) is 17.3. The van der Waals surface area contributed by atoms with E-state index >= 15 is 0 Å². The monoisotopic (exact) mass is 284 g/mol. The largest absolute Gasteiger partial charge is 0.393 e. The number of hydrogen-bond donors (Lipinski definition) is 2. The van der Waals surface area contributed by atoms with Gasteiger partial charge in [-0.05, 0) is 20.3 Å². The maximum Gasteiger partial charge on any atom is 0.131 e. The molecule has 0 amide bonds. The number of methoxy groups -OCH3 is 1. The first-order valence-electron chi connectivity index (χ1n) is 7.08. The van der Waals surface area contributed by atoms with Crippen molar-refractivity contribution in [3.8, 4) is 0 Å². The van der Waals surface area contributed by atoms with E-state index in [2.05, 4.69) is 15.3 Å². The lowest BCUT2D eigenvalue weighted by molar-refractivity contribution is 0.186. The third-order valence-corrected chi connectivity index (χ3v) is 3.34. The molecule has 0 fully saturated rings. The maximum atomic E-state index is 9.42. The van der Waals surface area contributed by atoms with Crippen LogP contribution in [-0.4, -0.2) is 54.8 Å². The van der Waals surface area contributed by atoms with Crippen LogP contribution < -0.4 is 10.2 Å². The Labute approximate surface area is 121 Å². The van der Waals surface area contributed by atoms with E-state index in [1.807, 2.05) is 32.6 Å². The molecule has 1 atom stereocenters. The Kier molecular flexibility index (Phi) is 6.98. The van der Waals surface area contributed by atoms with Gasteiger partial charge in [-0.25, -0.2) is 0 Å². The second-order valence-electron chi connectivity index (χ2n) is 5.24. The molecule has 1 aromatic rings. The third-order valence-electron chi connectivity index (χ3n) is 3.34. The SMILES string of the molecule is COCCNCc1c(C)nn(C)c1N(C)CCC(C)O. The van der Waals surface area contributed by atoms with E-state index in [9.17, 15) is 5.11 Å². The van der Waals surface area contributed by atoms with Crippen LogP contribution in [0.15, 0.2) is 0 Å². The molecule has 1 rings (SSSR count). The van der Waals surface area contributed by atoms with Gasteiger partial charge in [-0.15, -0.1) is 0 Å². The van der Waals surface area contributed by atoms with Crippen LogP contribution in [0.2, 0.25) is 0 Å². The normalized spacial score (nSPS) is 12.7. The third kappa shape index (κ3) is 4.77. The van der Waals surface area contributed by atoms with E-state index in [-0.39, 0.29) is 6.10 Å². The fourth-order valence-electron chi connectivity index (χ4n) is 2.25. The average Bonchev–Trinajstić information content (AvgIpc) is 2.66. The fraction of sp³-hybridized carbons (Fsp3) is 0.786. The molecule has 0 saturated carbocycles. The molecular formula is C14H28N4O2. The van der Waals surface area contributed by atoms with Crippen LogP contribution in [0.4, 0.5) is 5.82 Å². The molecule has 20 heavy (non-hydrogen) atoms. The average molecular weight is 284 g/mol. The molecule has 1 heterocycles. The molecule has 0 saturated heterocycles. The van der Waals surface area contributed by atoms with Crippen LogP contribution in [-0.2, 0) is 18.3 Å². The summed E-state index contributed by atoms with van der Waals surface area (Å²) >= 11 is 0. The van der Waals surface area contributed by atoms with Crippen molar-refractivity contribution in [2.24, 2.45) is 7.05 Å². The smallest absolute Gasteiger partial charge is 0.131 e. The van der Waals surface area contributed by atoms with Gasteiger partial charge in [-0.1, -0.05) is 0 Å². The van der Waals surface area contributed by atoms with Crippen molar-refractivity contribution in [2.75, 3.05) is 38.8 Å². The van der Waals surface area contributed by atoms with E-state index in [0.717, 1.165) is 37.6 Å². The number of anilines is 1. The van der Waals surface area contributed by atoms with Crippen LogP contribution in [0.1, 0.15) is 24.6 Å². The van der Waals surface area contributed by atoms with Crippen molar-refractivity contribution in [3.05, 3.63) is 11.3 Å². The zero-order valence-electron chi connectivity index (χ0n) is 13.3. The summed E-state index contributed by atoms with van der Waals surface area (Å²) in [6, 6.07) is 0. The van der Waals surface area contributed by atoms with Crippen molar-refractivity contribution in [1.29, 1.82) is 0 Å². The van der Waals surface area contributed by atoms with E-state index in [4.69, 9.17) is 4.74 Å². The highest BCUT2D eigenvalue weighted by molar-refractivity contribution is 5.49. The number of aliphatic hydroxyl groups is 1. The zero-order chi connectivity index (χ0) is 15.1. The Balaban J connectivity index is 2.72. The lowest BCUT2D eigenvalue weighted by atomic mass is 10.2. The molecule has 0 spiro atoms. The number of aliphatic hydroxyl groups excluding tert-OH is 1. The van der Waals surface area contributed by atoms with Gasteiger partial charge in [-0.3, -0.25) is 4.68 Å². The first-order chi connectivity index (χ1) is 9.47. The van der Waals surface area contributed by atoms with Crippen molar-refractivity contribution < 1.29 is 9.84 Å². The summed E-state index contributed by atoms with van der Waals surface area (Å²) in [5.41, 5.74) is 2.24. The number of nitrogens with one attached hydrogen (secondary N) is 1. The number of ether oxygens (including phenoxy) is 1. The molecule has 2 N–H and O–H groups in total. The number of aryl methyl sites for hydroxylation is 2. The minimum Gasteiger partial charge on any atom is -0.393 e. The molecule has 6 heteroatoms. The molecular weight excluding hydrogens is 256 g/mol. The van der Waals surface area contributed by atoms with Gasteiger partial charge in [0, 0.05) is 46.4 Å². The van der Waals surface area contributed by atoms with Crippen molar-refractivity contribution in [1.82, 2.24) is 15.1 Å². The van der Waals surface area contributed by atoms with Crippen LogP contribution in [0, 0.1) is 6.92 Å². The summed E-state index contributed by atoms with van der Waals surface area (Å²) in [6.07, 6.45) is 0.465. The summed E-state index contributed by atoms with van der Waals surface area (Å²) < 4.78 is 6.94. The maximum absolute atomic E-state index is 9.42. The molecule has 0 radical (unpaired) electrons. The van der Waals surface area contributed by atoms with Crippen LogP contribution in [0.5, 0.6) is 0 Å². The van der Waals surface area contributed by atoms with Crippen LogP contribution in [0.3, 0.4) is 0 Å². The summed E-state index contributed by atoms with van der Waals surface area (Å²) in [5.74, 6) is 1.10. The Bertz CT molecular complexity index is 404. The Hall–Kier alpha value is -1.11. The number of aromatic nitrogens is 2. The highest BCUT2D eigenvalue weighted by Gasteiger charge is 2.16. The van der Waals surface area contributed by atoms with Gasteiger partial charge in [0.1, 0.15) is 5.82 Å². The number of nitrogens with zero attached hydrogens (tertiary/aromatic N) is 3. The Morgan fingerprint density at radius 2 is 2.20 bits per heavy atom. The molecule has 0 aliphatic carbocycles. The predicted molar refractivity (Wildman–Crippen MR) is 81.1 cm³/mol. The Morgan fingerprint density at radius 3 is 2.80 bits per heavy atom. The van der Waals surface area contributed by atoms with E-state index in [0.29, 0.717) is 6.61 Å². The van der Waals surface area contributed by atoms with E-state index in [1.54, 1.807) is 7.11 Å². The van der Waals surface area contributed by atoms with Crippen molar-refractivity contribution >= 4 is 5.82 Å². The van der Waals surface area contributed by atoms with Gasteiger partial charge >= 0.3 is 0 Å². The lowest BCUT2D eigenvalue weighted by Crippen LogP contribution is -2.26. The zero-order valence-corrected chi connectivity index (χ0v) is 13.3. The van der Waals surface area contributed by atoms with Gasteiger partial charge in [0.15, 0.2) is 0 Å². The quantitative estimate of drug-likeness (QED) is 0.653. The van der Waals surface area contributed by atoms with Crippen LogP contribution in [0.25, 0.3) is 0 Å². The summed E-state index contributed by atoms with van der Waals surface area (Å²) in [6.45, 7) is 6.95. The van der Waals surface area contributed by atoms with Crippen LogP contribution >= 0.6 is 0 Å². The van der Waals surface area contributed by atoms with E-state index < -0.39 is 0 Å². The molecule has 0 aromatic carbocycles. The molecule has 6 nitrogen and oxygen atoms in total. The van der Waals surface area contributed by atoms with Gasteiger partial charge in [0.25, 0.3) is 0 Å². The topological polar surface area (TPSA) is 62.5 Å². The van der Waals surface area contributed by atoms with Gasteiger partial charge in [0.2, 0.25) is 0 Å². The van der Waals surface area contributed by atoms with Crippen molar-refractivity contribution in [3.63, 3.8) is 0 Å². The van der Waals surface area contributed by atoms with Gasteiger partial charge in [-0.2, -0.15) is 5.10 Å². The standard InChI is InChI=1S/C14H28N4O2/c1-11(19)6-8-17(3)14-13(10-15-7-9-20-5)12(2)16-18(14)4/h11,15,19H,6-10H2,1-5H3. The fourth-order valence-corrected chi connectivity index (χ4v) is 2.25. The molecule has 0 bridgehead atoms. The lowest BCUT2D eigenvalue weighted by Gasteiger charge is -2.22. The van der Waals surface area contributed by atoms with Crippen molar-refractivity contribution in [2.45, 2.75) is 32.9 Å². The molecule has 116 valence electrons. The summed E-state index contributed by atoms with van der Waals surface area (Å²) in [7, 11) is 5.70. The molecule has 0 aliphatic heterocycles. The minimum atomic E-state index is -0.282. The van der Waals surface area contributed by atoms with Gasteiger partial charge in [0.05, 0.1) is 18.4 Å². The predicted octanol–water partition coefficient (Wildman–Crippen LogP) is 0.672. The first kappa shape index (κ1) is 16.9. The molecule has 1 aromatic heterocycles. The molecule has 0 aliphatic rings. The highest BCUT2D eigenvalue weighted by Crippen LogP contribution is 2.22. The highest BCUT2D eigenvalue weighted by atomic mass is 16.5. The second kappa shape index (κ2) is 8.24. The van der Waals surface area contributed by atoms with E-state index in [1.165, 1.54) is 5.56 Å². The van der Waals surface area contributed by atoms with Gasteiger partial charge < -0.3 is 20.1 Å². The number of rotatable bonds is 9. The first-order valence-corrected chi connectivity index (χ1v) is 7.08. The second-order valence-corrected chi connectivity index (χ2v) is 5.24. The Morgan fingerprint density at radius 1 is 1.50 bits per heavy atom. The molecule has 1 unspecified atom stereocenters. The minimum absolute atomic E-state index is 0.282.